The first kappa shape index (κ1) is 26.0. The van der Waals surface area contributed by atoms with Crippen LogP contribution in [-0.4, -0.2) is 46.6 Å². The number of anilines is 1. The summed E-state index contributed by atoms with van der Waals surface area (Å²) in [6, 6.07) is 16.5. The summed E-state index contributed by atoms with van der Waals surface area (Å²) in [4.78, 5) is 23.4. The van der Waals surface area contributed by atoms with Gasteiger partial charge in [-0.15, -0.1) is 0 Å². The highest BCUT2D eigenvalue weighted by Crippen LogP contribution is 2.34. The summed E-state index contributed by atoms with van der Waals surface area (Å²) in [6.07, 6.45) is 5.70. The number of likely N-dealkylation sites (N-methyl/N-ethyl adjacent to an activating group) is 1. The molecule has 5 rings (SSSR count). The summed E-state index contributed by atoms with van der Waals surface area (Å²) in [5.41, 5.74) is 4.79. The van der Waals surface area contributed by atoms with Gasteiger partial charge in [-0.1, -0.05) is 49.6 Å². The third kappa shape index (κ3) is 5.45. The number of aromatic nitrogens is 4. The van der Waals surface area contributed by atoms with E-state index in [-0.39, 0.29) is 11.6 Å². The number of rotatable bonds is 10. The number of ether oxygens (including phenoxy) is 2. The molecule has 0 amide bonds. The van der Waals surface area contributed by atoms with E-state index in [0.717, 1.165) is 42.9 Å². The second-order valence-electron chi connectivity index (χ2n) is 9.94. The maximum Gasteiger partial charge on any atom is 0.277 e. The Morgan fingerprint density at radius 1 is 1.11 bits per heavy atom. The van der Waals surface area contributed by atoms with E-state index in [1.807, 2.05) is 48.0 Å². The Kier molecular flexibility index (Phi) is 8.08. The molecule has 0 aliphatic heterocycles. The van der Waals surface area contributed by atoms with E-state index in [0.29, 0.717) is 35.8 Å². The molecule has 4 aromatic rings. The topological polar surface area (TPSA) is 85.3 Å². The number of H-pyrrole nitrogens is 1. The quantitative estimate of drug-likeness (QED) is 0.275. The summed E-state index contributed by atoms with van der Waals surface area (Å²) in [5, 5.41) is 4.74. The normalized spacial score (nSPS) is 14.2. The number of aryl methyl sites for hydroxylation is 1. The van der Waals surface area contributed by atoms with Crippen LogP contribution in [0.25, 0.3) is 22.4 Å². The van der Waals surface area contributed by atoms with Crippen LogP contribution in [0.15, 0.2) is 53.3 Å². The Morgan fingerprint density at radius 2 is 1.89 bits per heavy atom. The van der Waals surface area contributed by atoms with Gasteiger partial charge in [-0.3, -0.25) is 9.48 Å². The standard InChI is InChI=1S/C30H37N5O3/c1-4-34(17-18-38-20-22-11-7-5-8-12-22)24-15-16-25(26(19-24)37-3)29-31-27-21(2)33-35(28(27)30(36)32-29)23-13-9-6-10-14-23/h5,7-8,11-12,15-16,19,23H,4,6,9-10,13-14,17-18,20H2,1-3H3,(H,31,32,36). The number of nitrogens with one attached hydrogen (secondary N) is 1. The lowest BCUT2D eigenvalue weighted by Crippen LogP contribution is -2.27. The highest BCUT2D eigenvalue weighted by molar-refractivity contribution is 5.80. The fourth-order valence-corrected chi connectivity index (χ4v) is 5.39. The van der Waals surface area contributed by atoms with Gasteiger partial charge in [-0.2, -0.15) is 5.10 Å². The van der Waals surface area contributed by atoms with Crippen LogP contribution in [0.3, 0.4) is 0 Å². The van der Waals surface area contributed by atoms with Crippen LogP contribution in [0.5, 0.6) is 5.75 Å². The van der Waals surface area contributed by atoms with Gasteiger partial charge in [0.2, 0.25) is 0 Å². The predicted octanol–water partition coefficient (Wildman–Crippen LogP) is 5.65. The minimum Gasteiger partial charge on any atom is -0.496 e. The van der Waals surface area contributed by atoms with Crippen LogP contribution in [0.1, 0.15) is 56.3 Å². The Bertz CT molecular complexity index is 1420. The van der Waals surface area contributed by atoms with E-state index in [9.17, 15) is 4.79 Å². The van der Waals surface area contributed by atoms with Crippen molar-refractivity contribution >= 4 is 16.7 Å². The van der Waals surface area contributed by atoms with Crippen LogP contribution >= 0.6 is 0 Å². The zero-order valence-electron chi connectivity index (χ0n) is 22.6. The van der Waals surface area contributed by atoms with Crippen molar-refractivity contribution < 1.29 is 9.47 Å². The average Bonchev–Trinajstić information content (AvgIpc) is 3.30. The number of benzene rings is 2. The molecule has 1 N–H and O–H groups in total. The Labute approximate surface area is 223 Å². The zero-order valence-corrected chi connectivity index (χ0v) is 22.6. The highest BCUT2D eigenvalue weighted by atomic mass is 16.5. The zero-order chi connectivity index (χ0) is 26.5. The minimum atomic E-state index is -0.159. The molecule has 0 spiro atoms. The van der Waals surface area contributed by atoms with Crippen molar-refractivity contribution in [3.8, 4) is 17.1 Å². The largest absolute Gasteiger partial charge is 0.496 e. The molecule has 0 saturated heterocycles. The Balaban J connectivity index is 1.37. The molecule has 1 saturated carbocycles. The van der Waals surface area contributed by atoms with E-state index in [1.165, 1.54) is 24.8 Å². The summed E-state index contributed by atoms with van der Waals surface area (Å²) in [5.74, 6) is 1.15. The van der Waals surface area contributed by atoms with Crippen LogP contribution < -0.4 is 15.2 Å². The molecule has 8 nitrogen and oxygen atoms in total. The van der Waals surface area contributed by atoms with Gasteiger partial charge >= 0.3 is 0 Å². The van der Waals surface area contributed by atoms with Gasteiger partial charge in [0.25, 0.3) is 5.56 Å². The molecule has 2 heterocycles. The van der Waals surface area contributed by atoms with E-state index in [2.05, 4.69) is 28.9 Å². The lowest BCUT2D eigenvalue weighted by Gasteiger charge is -2.24. The number of fused-ring (bicyclic) bond motifs is 1. The van der Waals surface area contributed by atoms with Crippen LogP contribution in [-0.2, 0) is 11.3 Å². The van der Waals surface area contributed by atoms with Gasteiger partial charge in [-0.05, 0) is 44.4 Å². The number of nitrogens with zero attached hydrogens (tertiary/aromatic N) is 4. The molecule has 8 heteroatoms. The molecule has 200 valence electrons. The van der Waals surface area contributed by atoms with E-state index in [4.69, 9.17) is 19.6 Å². The van der Waals surface area contributed by atoms with Crippen molar-refractivity contribution in [3.63, 3.8) is 0 Å². The molecule has 1 fully saturated rings. The van der Waals surface area contributed by atoms with Crippen molar-refractivity contribution in [1.29, 1.82) is 0 Å². The lowest BCUT2D eigenvalue weighted by atomic mass is 9.95. The third-order valence-electron chi connectivity index (χ3n) is 7.45. The molecule has 0 radical (unpaired) electrons. The van der Waals surface area contributed by atoms with Gasteiger partial charge in [0.1, 0.15) is 17.1 Å². The summed E-state index contributed by atoms with van der Waals surface area (Å²) < 4.78 is 13.6. The maximum atomic E-state index is 13.3. The molecule has 2 aromatic carbocycles. The first-order chi connectivity index (χ1) is 18.6. The number of methoxy groups -OCH3 is 1. The summed E-state index contributed by atoms with van der Waals surface area (Å²) >= 11 is 0. The molecule has 0 bridgehead atoms. The van der Waals surface area contributed by atoms with Crippen molar-refractivity contribution in [2.45, 2.75) is 58.6 Å². The molecule has 1 aliphatic rings. The Hall–Kier alpha value is -3.65. The fraction of sp³-hybridized carbons (Fsp3) is 0.433. The summed E-state index contributed by atoms with van der Waals surface area (Å²) in [7, 11) is 1.64. The van der Waals surface area contributed by atoms with Gasteiger partial charge in [0.05, 0.1) is 37.6 Å². The fourth-order valence-electron chi connectivity index (χ4n) is 5.39. The molecular formula is C30H37N5O3. The molecule has 2 aromatic heterocycles. The van der Waals surface area contributed by atoms with Crippen LogP contribution in [0.4, 0.5) is 5.69 Å². The van der Waals surface area contributed by atoms with Gasteiger partial charge in [0.15, 0.2) is 5.52 Å². The predicted molar refractivity (Wildman–Crippen MR) is 151 cm³/mol. The summed E-state index contributed by atoms with van der Waals surface area (Å²) in [6.45, 7) is 6.85. The number of hydrogen-bond acceptors (Lipinski definition) is 6. The minimum absolute atomic E-state index is 0.159. The van der Waals surface area contributed by atoms with Crippen molar-refractivity contribution in [2.24, 2.45) is 0 Å². The second-order valence-corrected chi connectivity index (χ2v) is 9.94. The van der Waals surface area contributed by atoms with Gasteiger partial charge < -0.3 is 19.4 Å². The smallest absolute Gasteiger partial charge is 0.277 e. The van der Waals surface area contributed by atoms with Crippen molar-refractivity contribution in [3.05, 3.63) is 70.1 Å². The molecule has 1 aliphatic carbocycles. The number of aromatic amines is 1. The SMILES string of the molecule is CCN(CCOCc1ccccc1)c1ccc(-c2nc3c(C)nn(C4CCCCC4)c3c(=O)[nH]2)c(OC)c1. The van der Waals surface area contributed by atoms with Crippen molar-refractivity contribution in [2.75, 3.05) is 31.7 Å². The van der Waals surface area contributed by atoms with Gasteiger partial charge in [0, 0.05) is 24.8 Å². The van der Waals surface area contributed by atoms with Gasteiger partial charge in [-0.25, -0.2) is 4.98 Å². The highest BCUT2D eigenvalue weighted by Gasteiger charge is 2.23. The second kappa shape index (κ2) is 11.8. The third-order valence-corrected chi connectivity index (χ3v) is 7.45. The average molecular weight is 516 g/mol. The van der Waals surface area contributed by atoms with Crippen molar-refractivity contribution in [1.82, 2.24) is 19.7 Å². The maximum absolute atomic E-state index is 13.3. The first-order valence-corrected chi connectivity index (χ1v) is 13.6. The van der Waals surface area contributed by atoms with Crippen LogP contribution in [0.2, 0.25) is 0 Å². The van der Waals surface area contributed by atoms with E-state index >= 15 is 0 Å². The molecule has 0 atom stereocenters. The van der Waals surface area contributed by atoms with E-state index in [1.54, 1.807) is 7.11 Å². The molecular weight excluding hydrogens is 478 g/mol. The van der Waals surface area contributed by atoms with Crippen LogP contribution in [0, 0.1) is 6.92 Å². The number of hydrogen-bond donors (Lipinski definition) is 1. The monoisotopic (exact) mass is 515 g/mol. The Morgan fingerprint density at radius 3 is 2.63 bits per heavy atom. The first-order valence-electron chi connectivity index (χ1n) is 13.6. The van der Waals surface area contributed by atoms with E-state index < -0.39 is 0 Å². The molecule has 38 heavy (non-hydrogen) atoms. The lowest BCUT2D eigenvalue weighted by molar-refractivity contribution is 0.127. The molecule has 0 unspecified atom stereocenters.